The zero-order valence-electron chi connectivity index (χ0n) is 10.3. The van der Waals surface area contributed by atoms with Crippen molar-refractivity contribution in [2.75, 3.05) is 0 Å². The Kier molecular flexibility index (Phi) is 4.41. The van der Waals surface area contributed by atoms with Gasteiger partial charge in [0.2, 0.25) is 0 Å². The van der Waals surface area contributed by atoms with Crippen LogP contribution in [0.2, 0.25) is 0 Å². The first-order chi connectivity index (χ1) is 7.88. The first-order valence-corrected chi connectivity index (χ1v) is 6.68. The number of aryl methyl sites for hydroxylation is 1. The molecule has 1 aromatic carbocycles. The van der Waals surface area contributed by atoms with Crippen molar-refractivity contribution in [3.8, 4) is 0 Å². The fourth-order valence-corrected chi connectivity index (χ4v) is 2.69. The van der Waals surface area contributed by atoms with Gasteiger partial charge < -0.3 is 5.32 Å². The lowest BCUT2D eigenvalue weighted by Gasteiger charge is -2.13. The van der Waals surface area contributed by atoms with E-state index in [2.05, 4.69) is 42.6 Å². The largest absolute Gasteiger partial charge is 0.311 e. The minimum absolute atomic E-state index is 0.761. The Morgan fingerprint density at radius 3 is 2.44 bits per heavy atom. The van der Waals surface area contributed by atoms with E-state index in [9.17, 15) is 0 Å². The second-order valence-electron chi connectivity index (χ2n) is 4.95. The van der Waals surface area contributed by atoms with Crippen molar-refractivity contribution in [2.45, 2.75) is 57.5 Å². The molecule has 0 spiro atoms. The van der Waals surface area contributed by atoms with Crippen LogP contribution >= 0.6 is 0 Å². The molecule has 16 heavy (non-hydrogen) atoms. The van der Waals surface area contributed by atoms with Gasteiger partial charge in [-0.3, -0.25) is 0 Å². The number of hydrogen-bond acceptors (Lipinski definition) is 1. The van der Waals surface area contributed by atoms with E-state index in [1.165, 1.54) is 44.1 Å². The molecular formula is C15H23N. The second-order valence-corrected chi connectivity index (χ2v) is 4.95. The molecule has 0 unspecified atom stereocenters. The Balaban J connectivity index is 1.72. The van der Waals surface area contributed by atoms with Gasteiger partial charge in [0.05, 0.1) is 0 Å². The maximum Gasteiger partial charge on any atom is 0.00733 e. The maximum atomic E-state index is 3.76. The zero-order chi connectivity index (χ0) is 11.2. The van der Waals surface area contributed by atoms with Crippen LogP contribution < -0.4 is 5.32 Å². The molecule has 1 N–H and O–H groups in total. The Morgan fingerprint density at radius 1 is 1.06 bits per heavy atom. The van der Waals surface area contributed by atoms with E-state index in [0.29, 0.717) is 0 Å². The summed E-state index contributed by atoms with van der Waals surface area (Å²) in [7, 11) is 0. The lowest BCUT2D eigenvalue weighted by atomic mass is 10.0. The summed E-state index contributed by atoms with van der Waals surface area (Å²) in [6.07, 6.45) is 7.93. The van der Waals surface area contributed by atoms with Crippen molar-refractivity contribution in [3.63, 3.8) is 0 Å². The van der Waals surface area contributed by atoms with E-state index in [0.717, 1.165) is 12.1 Å². The maximum absolute atomic E-state index is 3.76. The van der Waals surface area contributed by atoms with E-state index in [-0.39, 0.29) is 0 Å². The van der Waals surface area contributed by atoms with Crippen LogP contribution in [0.5, 0.6) is 0 Å². The molecule has 1 heteroatoms. The molecule has 1 nitrogen and oxygen atoms in total. The van der Waals surface area contributed by atoms with Crippen molar-refractivity contribution in [2.24, 2.45) is 0 Å². The van der Waals surface area contributed by atoms with Crippen molar-refractivity contribution in [1.82, 2.24) is 5.32 Å². The minimum Gasteiger partial charge on any atom is -0.311 e. The van der Waals surface area contributed by atoms with Crippen molar-refractivity contribution < 1.29 is 0 Å². The molecule has 0 bridgehead atoms. The Hall–Kier alpha value is -0.820. The van der Waals surface area contributed by atoms with E-state index in [1.807, 2.05) is 0 Å². The van der Waals surface area contributed by atoms with Crippen molar-refractivity contribution in [3.05, 3.63) is 35.9 Å². The minimum atomic E-state index is 0.761. The Labute approximate surface area is 99.3 Å². The topological polar surface area (TPSA) is 12.0 Å². The highest BCUT2D eigenvalue weighted by Gasteiger charge is 2.22. The summed E-state index contributed by atoms with van der Waals surface area (Å²) in [6, 6.07) is 12.4. The highest BCUT2D eigenvalue weighted by Crippen LogP contribution is 2.19. The van der Waals surface area contributed by atoms with Crippen LogP contribution in [0.3, 0.4) is 0 Å². The predicted octanol–water partition coefficient (Wildman–Crippen LogP) is 3.54. The summed E-state index contributed by atoms with van der Waals surface area (Å²) in [5, 5.41) is 3.76. The molecule has 1 saturated heterocycles. The summed E-state index contributed by atoms with van der Waals surface area (Å²) in [5.74, 6) is 0. The van der Waals surface area contributed by atoms with Gasteiger partial charge in [-0.05, 0) is 37.7 Å². The molecule has 88 valence electrons. The smallest absolute Gasteiger partial charge is 0.00733 e. The molecule has 0 aromatic heterocycles. The number of rotatable bonds is 5. The van der Waals surface area contributed by atoms with Crippen molar-refractivity contribution >= 4 is 0 Å². The van der Waals surface area contributed by atoms with Crippen LogP contribution in [0.15, 0.2) is 30.3 Å². The van der Waals surface area contributed by atoms with E-state index in [4.69, 9.17) is 0 Å². The summed E-state index contributed by atoms with van der Waals surface area (Å²) in [4.78, 5) is 0. The monoisotopic (exact) mass is 217 g/mol. The van der Waals surface area contributed by atoms with Gasteiger partial charge in [-0.15, -0.1) is 0 Å². The SMILES string of the molecule is CCC[C@@H]1CC[C@@H](CCc2ccccc2)N1. The first kappa shape index (κ1) is 11.7. The molecular weight excluding hydrogens is 194 g/mol. The summed E-state index contributed by atoms with van der Waals surface area (Å²) in [5.41, 5.74) is 1.48. The van der Waals surface area contributed by atoms with Crippen LogP contribution in [0.4, 0.5) is 0 Å². The third-order valence-corrected chi connectivity index (χ3v) is 3.60. The van der Waals surface area contributed by atoms with E-state index in [1.54, 1.807) is 0 Å². The van der Waals surface area contributed by atoms with Crippen LogP contribution in [0.25, 0.3) is 0 Å². The third kappa shape index (κ3) is 3.34. The Morgan fingerprint density at radius 2 is 1.75 bits per heavy atom. The summed E-state index contributed by atoms with van der Waals surface area (Å²) < 4.78 is 0. The Bertz CT molecular complexity index is 294. The zero-order valence-corrected chi connectivity index (χ0v) is 10.3. The molecule has 0 saturated carbocycles. The lowest BCUT2D eigenvalue weighted by molar-refractivity contribution is 0.488. The quantitative estimate of drug-likeness (QED) is 0.795. The molecule has 0 radical (unpaired) electrons. The molecule has 1 aromatic rings. The number of benzene rings is 1. The van der Waals surface area contributed by atoms with Gasteiger partial charge in [-0.1, -0.05) is 43.7 Å². The third-order valence-electron chi connectivity index (χ3n) is 3.60. The van der Waals surface area contributed by atoms with Gasteiger partial charge in [0.15, 0.2) is 0 Å². The summed E-state index contributed by atoms with van der Waals surface area (Å²) >= 11 is 0. The molecule has 1 aliphatic rings. The molecule has 1 heterocycles. The van der Waals surface area contributed by atoms with Gasteiger partial charge in [-0.2, -0.15) is 0 Å². The van der Waals surface area contributed by atoms with E-state index < -0.39 is 0 Å². The predicted molar refractivity (Wildman–Crippen MR) is 69.6 cm³/mol. The highest BCUT2D eigenvalue weighted by molar-refractivity contribution is 5.14. The summed E-state index contributed by atoms with van der Waals surface area (Å²) in [6.45, 7) is 2.28. The standard InChI is InChI=1S/C15H23N/c1-2-6-14-11-12-15(16-14)10-9-13-7-4-3-5-8-13/h3-5,7-8,14-16H,2,6,9-12H2,1H3/t14-,15-/m1/s1. The molecule has 1 fully saturated rings. The van der Waals surface area contributed by atoms with Gasteiger partial charge in [-0.25, -0.2) is 0 Å². The van der Waals surface area contributed by atoms with E-state index >= 15 is 0 Å². The van der Waals surface area contributed by atoms with Gasteiger partial charge in [0.25, 0.3) is 0 Å². The van der Waals surface area contributed by atoms with Gasteiger partial charge in [0.1, 0.15) is 0 Å². The fraction of sp³-hybridized carbons (Fsp3) is 0.600. The lowest BCUT2D eigenvalue weighted by Crippen LogP contribution is -2.29. The molecule has 1 aliphatic heterocycles. The molecule has 0 aliphatic carbocycles. The average molecular weight is 217 g/mol. The van der Waals surface area contributed by atoms with Crippen molar-refractivity contribution in [1.29, 1.82) is 0 Å². The van der Waals surface area contributed by atoms with Gasteiger partial charge >= 0.3 is 0 Å². The number of nitrogens with one attached hydrogen (secondary N) is 1. The van der Waals surface area contributed by atoms with Crippen LogP contribution in [-0.4, -0.2) is 12.1 Å². The van der Waals surface area contributed by atoms with Gasteiger partial charge in [0, 0.05) is 12.1 Å². The van der Waals surface area contributed by atoms with Crippen LogP contribution in [0, 0.1) is 0 Å². The first-order valence-electron chi connectivity index (χ1n) is 6.68. The highest BCUT2D eigenvalue weighted by atomic mass is 15.0. The molecule has 2 rings (SSSR count). The molecule has 2 atom stereocenters. The fourth-order valence-electron chi connectivity index (χ4n) is 2.69. The second kappa shape index (κ2) is 6.05. The average Bonchev–Trinajstić information content (AvgIpc) is 2.76. The van der Waals surface area contributed by atoms with Crippen LogP contribution in [0.1, 0.15) is 44.6 Å². The normalized spacial score (nSPS) is 24.8. The molecule has 0 amide bonds. The number of hydrogen-bond donors (Lipinski definition) is 1. The van der Waals surface area contributed by atoms with Crippen LogP contribution in [-0.2, 0) is 6.42 Å².